The highest BCUT2D eigenvalue weighted by molar-refractivity contribution is 6.31. The van der Waals surface area contributed by atoms with Gasteiger partial charge in [-0.25, -0.2) is 24.9 Å². The molecule has 2 fully saturated rings. The molecule has 5 heterocycles. The molecule has 2 saturated heterocycles. The summed E-state index contributed by atoms with van der Waals surface area (Å²) in [6.07, 6.45) is 4.28. The zero-order valence-corrected chi connectivity index (χ0v) is 22.5. The lowest BCUT2D eigenvalue weighted by molar-refractivity contribution is -0.132. The van der Waals surface area contributed by atoms with Crippen molar-refractivity contribution in [3.8, 4) is 0 Å². The van der Waals surface area contributed by atoms with Crippen LogP contribution < -0.4 is 32.3 Å². The van der Waals surface area contributed by atoms with Gasteiger partial charge in [-0.3, -0.25) is 20.2 Å². The topological polar surface area (TPSA) is 209 Å². The molecule has 0 bridgehead atoms. The minimum absolute atomic E-state index is 0.0360. The van der Waals surface area contributed by atoms with Crippen molar-refractivity contribution in [2.75, 3.05) is 50.1 Å². The van der Waals surface area contributed by atoms with E-state index in [4.69, 9.17) is 23.1 Å². The number of nitrogen functional groups attached to an aromatic ring is 2. The SMILES string of the molecule is CN(C)c1ncnc2nc(CCCC(=O)N3CCC4(CC3)CNC(NC(=O)c3nc(Cl)c(N)nc3N)N4)[nH]c12. The summed E-state index contributed by atoms with van der Waals surface area (Å²) in [5.74, 6) is 1.04. The summed E-state index contributed by atoms with van der Waals surface area (Å²) in [5, 5.41) is 9.44. The monoisotopic (exact) mass is 557 g/mol. The maximum Gasteiger partial charge on any atom is 0.276 e. The lowest BCUT2D eigenvalue weighted by Crippen LogP contribution is -2.57. The van der Waals surface area contributed by atoms with Crippen molar-refractivity contribution in [1.29, 1.82) is 0 Å². The summed E-state index contributed by atoms with van der Waals surface area (Å²) in [6.45, 7) is 1.91. The van der Waals surface area contributed by atoms with Gasteiger partial charge in [0.1, 0.15) is 24.0 Å². The van der Waals surface area contributed by atoms with Gasteiger partial charge in [-0.1, -0.05) is 11.6 Å². The number of amides is 2. The average molecular weight is 558 g/mol. The number of imidazole rings is 1. The lowest BCUT2D eigenvalue weighted by Gasteiger charge is -2.39. The fraction of sp³-hybridized carbons (Fsp3) is 0.522. The van der Waals surface area contributed by atoms with Gasteiger partial charge in [0.2, 0.25) is 5.91 Å². The largest absolute Gasteiger partial charge is 0.382 e. The van der Waals surface area contributed by atoms with E-state index in [9.17, 15) is 9.59 Å². The molecule has 3 aromatic heterocycles. The predicted molar refractivity (Wildman–Crippen MR) is 146 cm³/mol. The number of nitrogens with zero attached hydrogens (tertiary/aromatic N) is 7. The Labute approximate surface area is 229 Å². The third kappa shape index (κ3) is 5.65. The van der Waals surface area contributed by atoms with Crippen LogP contribution in [0, 0.1) is 0 Å². The number of nitrogens with two attached hydrogens (primary N) is 2. The van der Waals surface area contributed by atoms with Gasteiger partial charge in [0.15, 0.2) is 33.9 Å². The second kappa shape index (κ2) is 10.7. The zero-order chi connectivity index (χ0) is 27.7. The Morgan fingerprint density at radius 1 is 1.18 bits per heavy atom. The molecule has 15 nitrogen and oxygen atoms in total. The molecule has 3 aromatic rings. The predicted octanol–water partition coefficient (Wildman–Crippen LogP) is -0.383. The van der Waals surface area contributed by atoms with Gasteiger partial charge in [-0.2, -0.15) is 0 Å². The molecule has 1 spiro atoms. The normalized spacial score (nSPS) is 18.5. The summed E-state index contributed by atoms with van der Waals surface area (Å²) in [5.41, 5.74) is 12.5. The summed E-state index contributed by atoms with van der Waals surface area (Å²) < 4.78 is 0. The molecule has 8 N–H and O–H groups in total. The third-order valence-electron chi connectivity index (χ3n) is 7.11. The van der Waals surface area contributed by atoms with Crippen molar-refractivity contribution >= 4 is 52.0 Å². The Morgan fingerprint density at radius 3 is 2.69 bits per heavy atom. The van der Waals surface area contributed by atoms with Crippen molar-refractivity contribution < 1.29 is 9.59 Å². The number of H-pyrrole nitrogens is 1. The molecule has 0 radical (unpaired) electrons. The van der Waals surface area contributed by atoms with Crippen LogP contribution in [0.5, 0.6) is 0 Å². The summed E-state index contributed by atoms with van der Waals surface area (Å²) in [7, 11) is 3.83. The van der Waals surface area contributed by atoms with E-state index >= 15 is 0 Å². The highest BCUT2D eigenvalue weighted by Gasteiger charge is 2.42. The zero-order valence-electron chi connectivity index (χ0n) is 21.8. The van der Waals surface area contributed by atoms with Crippen molar-refractivity contribution in [3.63, 3.8) is 0 Å². The Bertz CT molecular complexity index is 1390. The van der Waals surface area contributed by atoms with Crippen molar-refractivity contribution in [2.45, 2.75) is 43.9 Å². The Balaban J connectivity index is 1.08. The van der Waals surface area contributed by atoms with Crippen LogP contribution >= 0.6 is 11.6 Å². The van der Waals surface area contributed by atoms with Crippen LogP contribution in [-0.2, 0) is 11.2 Å². The molecule has 2 aliphatic rings. The summed E-state index contributed by atoms with van der Waals surface area (Å²) >= 11 is 5.89. The van der Waals surface area contributed by atoms with Crippen molar-refractivity contribution in [3.05, 3.63) is 23.0 Å². The van der Waals surface area contributed by atoms with E-state index in [0.29, 0.717) is 44.5 Å². The summed E-state index contributed by atoms with van der Waals surface area (Å²) in [4.78, 5) is 53.5. The average Bonchev–Trinajstić information content (AvgIpc) is 3.49. The van der Waals surface area contributed by atoms with Gasteiger partial charge in [0, 0.05) is 52.1 Å². The molecule has 0 aromatic carbocycles. The van der Waals surface area contributed by atoms with Crippen LogP contribution in [0.4, 0.5) is 17.5 Å². The number of hydrogen-bond donors (Lipinski definition) is 6. The molecule has 39 heavy (non-hydrogen) atoms. The molecule has 208 valence electrons. The summed E-state index contributed by atoms with van der Waals surface area (Å²) in [6, 6.07) is 0. The number of carbonyl (C=O) groups is 2. The number of carbonyl (C=O) groups excluding carboxylic acids is 2. The van der Waals surface area contributed by atoms with Gasteiger partial charge in [0.05, 0.1) is 0 Å². The van der Waals surface area contributed by atoms with E-state index in [-0.39, 0.29) is 33.9 Å². The molecule has 0 saturated carbocycles. The van der Waals surface area contributed by atoms with Gasteiger partial charge >= 0.3 is 0 Å². The van der Waals surface area contributed by atoms with Gasteiger partial charge in [-0.15, -0.1) is 0 Å². The number of piperidine rings is 1. The van der Waals surface area contributed by atoms with E-state index in [1.807, 2.05) is 23.9 Å². The molecule has 5 rings (SSSR count). The number of likely N-dealkylation sites (tertiary alicyclic amines) is 1. The Kier molecular flexibility index (Phi) is 7.38. The first-order valence-corrected chi connectivity index (χ1v) is 13.1. The molecule has 1 unspecified atom stereocenters. The minimum Gasteiger partial charge on any atom is -0.382 e. The smallest absolute Gasteiger partial charge is 0.276 e. The van der Waals surface area contributed by atoms with Gasteiger partial charge in [0.25, 0.3) is 5.91 Å². The number of halogens is 1. The van der Waals surface area contributed by atoms with E-state index < -0.39 is 12.2 Å². The molecular formula is C23H32ClN13O2. The first-order valence-electron chi connectivity index (χ1n) is 12.7. The first kappa shape index (κ1) is 26.8. The quantitative estimate of drug-likeness (QED) is 0.219. The number of rotatable bonds is 7. The number of hydrogen-bond acceptors (Lipinski definition) is 12. The van der Waals surface area contributed by atoms with Crippen LogP contribution in [0.1, 0.15) is 42.0 Å². The standard InChI is InChI=1S/C23H32ClN13O2/c1-36(2)20-15-19(28-11-29-20)31-12(30-15)4-3-5-13(38)37-8-6-23(7-9-37)10-27-22(35-23)34-21(39)14-17(25)33-18(26)16(24)32-14/h11,22,27,35H,3-10H2,1-2H3,(H,34,39)(H4,25,26,33)(H,28,29,30,31). The van der Waals surface area contributed by atoms with E-state index in [0.717, 1.165) is 30.0 Å². The van der Waals surface area contributed by atoms with Crippen LogP contribution in [0.3, 0.4) is 0 Å². The van der Waals surface area contributed by atoms with Gasteiger partial charge in [-0.05, 0) is 19.3 Å². The van der Waals surface area contributed by atoms with E-state index in [1.54, 1.807) is 0 Å². The number of nitrogens with one attached hydrogen (secondary N) is 4. The molecule has 0 aliphatic carbocycles. The third-order valence-corrected chi connectivity index (χ3v) is 7.39. The number of aromatic nitrogens is 6. The fourth-order valence-corrected chi connectivity index (χ4v) is 5.12. The number of aryl methyl sites for hydroxylation is 1. The van der Waals surface area contributed by atoms with Crippen LogP contribution in [0.2, 0.25) is 5.15 Å². The number of aromatic amines is 1. The van der Waals surface area contributed by atoms with Crippen molar-refractivity contribution in [2.24, 2.45) is 0 Å². The fourth-order valence-electron chi connectivity index (χ4n) is 4.99. The van der Waals surface area contributed by atoms with Crippen LogP contribution in [0.15, 0.2) is 6.33 Å². The lowest BCUT2D eigenvalue weighted by atomic mass is 9.88. The minimum atomic E-state index is -0.522. The van der Waals surface area contributed by atoms with Crippen molar-refractivity contribution in [1.82, 2.24) is 50.8 Å². The molecule has 16 heteroatoms. The highest BCUT2D eigenvalue weighted by Crippen LogP contribution is 2.26. The Hall–Kier alpha value is -3.82. The van der Waals surface area contributed by atoms with Crippen LogP contribution in [-0.4, -0.2) is 92.2 Å². The molecule has 1 atom stereocenters. The number of anilines is 3. The molecule has 2 amide bonds. The Morgan fingerprint density at radius 2 is 1.95 bits per heavy atom. The van der Waals surface area contributed by atoms with E-state index in [2.05, 4.69) is 45.9 Å². The number of fused-ring (bicyclic) bond motifs is 1. The molecule has 2 aliphatic heterocycles. The molecular weight excluding hydrogens is 526 g/mol. The maximum absolute atomic E-state index is 12.9. The highest BCUT2D eigenvalue weighted by atomic mass is 35.5. The van der Waals surface area contributed by atoms with E-state index in [1.165, 1.54) is 6.33 Å². The van der Waals surface area contributed by atoms with Crippen LogP contribution in [0.25, 0.3) is 11.2 Å². The second-order valence-corrected chi connectivity index (χ2v) is 10.4. The maximum atomic E-state index is 12.9. The second-order valence-electron chi connectivity index (χ2n) is 10.1. The van der Waals surface area contributed by atoms with Gasteiger partial charge < -0.3 is 31.6 Å². The first-order chi connectivity index (χ1) is 18.6.